The van der Waals surface area contributed by atoms with Crippen molar-refractivity contribution in [3.63, 3.8) is 0 Å². The van der Waals surface area contributed by atoms with Crippen LogP contribution in [0.25, 0.3) is 11.3 Å². The standard InChI is InChI=1S/C16H19N3O/c1-3-17-16-11(2)15(18-10-19-16)12-4-6-13(7-5-12)20-14-8-9-14/h4-7,10,14H,3,8-9H2,1-2H3,(H,17,18,19). The molecule has 1 aromatic carbocycles. The summed E-state index contributed by atoms with van der Waals surface area (Å²) in [6.07, 6.45) is 4.40. The van der Waals surface area contributed by atoms with E-state index in [4.69, 9.17) is 4.74 Å². The number of aromatic nitrogens is 2. The molecule has 104 valence electrons. The van der Waals surface area contributed by atoms with Crippen LogP contribution in [0, 0.1) is 6.92 Å². The van der Waals surface area contributed by atoms with E-state index in [-0.39, 0.29) is 0 Å². The summed E-state index contributed by atoms with van der Waals surface area (Å²) in [5, 5.41) is 3.26. The molecule has 1 aliphatic rings. The first kappa shape index (κ1) is 12.9. The molecule has 0 atom stereocenters. The predicted molar refractivity (Wildman–Crippen MR) is 80.0 cm³/mol. The quantitative estimate of drug-likeness (QED) is 0.903. The van der Waals surface area contributed by atoms with Crippen LogP contribution in [0.15, 0.2) is 30.6 Å². The third kappa shape index (κ3) is 2.74. The summed E-state index contributed by atoms with van der Waals surface area (Å²) in [7, 11) is 0. The fourth-order valence-electron chi connectivity index (χ4n) is 2.16. The first-order valence-electron chi connectivity index (χ1n) is 7.10. The van der Waals surface area contributed by atoms with Crippen molar-refractivity contribution in [2.45, 2.75) is 32.8 Å². The molecule has 3 rings (SSSR count). The van der Waals surface area contributed by atoms with E-state index < -0.39 is 0 Å². The van der Waals surface area contributed by atoms with Gasteiger partial charge in [-0.25, -0.2) is 9.97 Å². The highest BCUT2D eigenvalue weighted by Crippen LogP contribution is 2.29. The molecule has 0 spiro atoms. The van der Waals surface area contributed by atoms with Crippen LogP contribution >= 0.6 is 0 Å². The molecule has 0 amide bonds. The zero-order valence-corrected chi connectivity index (χ0v) is 11.9. The Bertz CT molecular complexity index is 591. The third-order valence-corrected chi connectivity index (χ3v) is 3.38. The molecule has 0 radical (unpaired) electrons. The number of anilines is 1. The van der Waals surface area contributed by atoms with E-state index in [1.165, 1.54) is 12.8 Å². The zero-order chi connectivity index (χ0) is 13.9. The van der Waals surface area contributed by atoms with Crippen LogP contribution in [0.3, 0.4) is 0 Å². The van der Waals surface area contributed by atoms with Crippen molar-refractivity contribution in [2.24, 2.45) is 0 Å². The minimum Gasteiger partial charge on any atom is -0.490 e. The van der Waals surface area contributed by atoms with Gasteiger partial charge in [0.05, 0.1) is 11.8 Å². The van der Waals surface area contributed by atoms with Crippen LogP contribution in [0.1, 0.15) is 25.3 Å². The summed E-state index contributed by atoms with van der Waals surface area (Å²) in [6.45, 7) is 4.96. The molecule has 1 aromatic heterocycles. The van der Waals surface area contributed by atoms with Crippen LogP contribution in [-0.4, -0.2) is 22.6 Å². The molecule has 1 aliphatic carbocycles. The van der Waals surface area contributed by atoms with Crippen LogP contribution in [0.4, 0.5) is 5.82 Å². The normalized spacial score (nSPS) is 14.1. The molecule has 1 saturated carbocycles. The van der Waals surface area contributed by atoms with Crippen molar-refractivity contribution >= 4 is 5.82 Å². The lowest BCUT2D eigenvalue weighted by Gasteiger charge is -2.11. The van der Waals surface area contributed by atoms with Gasteiger partial charge in [0, 0.05) is 17.7 Å². The maximum absolute atomic E-state index is 5.76. The number of hydrogen-bond acceptors (Lipinski definition) is 4. The van der Waals surface area contributed by atoms with Gasteiger partial charge in [0.2, 0.25) is 0 Å². The smallest absolute Gasteiger partial charge is 0.132 e. The Labute approximate surface area is 119 Å². The van der Waals surface area contributed by atoms with Gasteiger partial charge < -0.3 is 10.1 Å². The largest absolute Gasteiger partial charge is 0.490 e. The summed E-state index contributed by atoms with van der Waals surface area (Å²) in [5.74, 6) is 1.84. The molecule has 0 aliphatic heterocycles. The number of benzene rings is 1. The van der Waals surface area contributed by atoms with Crippen molar-refractivity contribution < 1.29 is 4.74 Å². The SMILES string of the molecule is CCNc1ncnc(-c2ccc(OC3CC3)cc2)c1C. The molecular weight excluding hydrogens is 250 g/mol. The lowest BCUT2D eigenvalue weighted by molar-refractivity contribution is 0.303. The van der Waals surface area contributed by atoms with E-state index in [2.05, 4.69) is 34.3 Å². The Morgan fingerprint density at radius 1 is 1.20 bits per heavy atom. The van der Waals surface area contributed by atoms with Gasteiger partial charge >= 0.3 is 0 Å². The van der Waals surface area contributed by atoms with Gasteiger partial charge in [-0.05, 0) is 51.0 Å². The van der Waals surface area contributed by atoms with E-state index >= 15 is 0 Å². The molecule has 20 heavy (non-hydrogen) atoms. The average Bonchev–Trinajstić information content (AvgIpc) is 3.27. The molecule has 4 heteroatoms. The van der Waals surface area contributed by atoms with Crippen LogP contribution in [-0.2, 0) is 0 Å². The molecule has 1 N–H and O–H groups in total. The van der Waals surface area contributed by atoms with Crippen molar-refractivity contribution in [1.82, 2.24) is 9.97 Å². The first-order chi connectivity index (χ1) is 9.78. The molecule has 0 unspecified atom stereocenters. The highest BCUT2D eigenvalue weighted by Gasteiger charge is 2.23. The first-order valence-corrected chi connectivity index (χ1v) is 7.10. The summed E-state index contributed by atoms with van der Waals surface area (Å²) < 4.78 is 5.76. The molecule has 4 nitrogen and oxygen atoms in total. The Balaban J connectivity index is 1.86. The second kappa shape index (κ2) is 5.49. The monoisotopic (exact) mass is 269 g/mol. The average molecular weight is 269 g/mol. The van der Waals surface area contributed by atoms with Gasteiger partial charge in [-0.15, -0.1) is 0 Å². The molecule has 1 fully saturated rings. The highest BCUT2D eigenvalue weighted by molar-refractivity contribution is 5.68. The Morgan fingerprint density at radius 2 is 1.95 bits per heavy atom. The lowest BCUT2D eigenvalue weighted by Crippen LogP contribution is -2.03. The van der Waals surface area contributed by atoms with Gasteiger partial charge in [-0.3, -0.25) is 0 Å². The number of nitrogens with one attached hydrogen (secondary N) is 1. The van der Waals surface area contributed by atoms with Crippen molar-refractivity contribution in [3.8, 4) is 17.0 Å². The maximum atomic E-state index is 5.76. The van der Waals surface area contributed by atoms with Gasteiger partial charge in [-0.1, -0.05) is 0 Å². The van der Waals surface area contributed by atoms with E-state index in [0.717, 1.165) is 34.9 Å². The van der Waals surface area contributed by atoms with E-state index in [1.54, 1.807) is 6.33 Å². The highest BCUT2D eigenvalue weighted by atomic mass is 16.5. The second-order valence-electron chi connectivity index (χ2n) is 5.07. The van der Waals surface area contributed by atoms with Crippen molar-refractivity contribution in [3.05, 3.63) is 36.2 Å². The summed E-state index contributed by atoms with van der Waals surface area (Å²) in [4.78, 5) is 8.67. The topological polar surface area (TPSA) is 47.0 Å². The third-order valence-electron chi connectivity index (χ3n) is 3.38. The fourth-order valence-corrected chi connectivity index (χ4v) is 2.16. The Kier molecular flexibility index (Phi) is 3.54. The summed E-state index contributed by atoms with van der Waals surface area (Å²) in [5.41, 5.74) is 3.13. The van der Waals surface area contributed by atoms with E-state index in [1.807, 2.05) is 19.1 Å². The van der Waals surface area contributed by atoms with Gasteiger partial charge in [0.25, 0.3) is 0 Å². The van der Waals surface area contributed by atoms with Crippen LogP contribution < -0.4 is 10.1 Å². The Morgan fingerprint density at radius 3 is 2.60 bits per heavy atom. The van der Waals surface area contributed by atoms with E-state index in [0.29, 0.717) is 6.10 Å². The number of ether oxygens (including phenoxy) is 1. The number of nitrogens with zero attached hydrogens (tertiary/aromatic N) is 2. The molecule has 2 aromatic rings. The predicted octanol–water partition coefficient (Wildman–Crippen LogP) is 3.43. The number of rotatable bonds is 5. The van der Waals surface area contributed by atoms with Crippen LogP contribution in [0.5, 0.6) is 5.75 Å². The Hall–Kier alpha value is -2.10. The van der Waals surface area contributed by atoms with Gasteiger partial charge in [0.15, 0.2) is 0 Å². The van der Waals surface area contributed by atoms with Crippen molar-refractivity contribution in [2.75, 3.05) is 11.9 Å². The fraction of sp³-hybridized carbons (Fsp3) is 0.375. The summed E-state index contributed by atoms with van der Waals surface area (Å²) >= 11 is 0. The minimum absolute atomic E-state index is 0.432. The molecular formula is C16H19N3O. The van der Waals surface area contributed by atoms with Crippen LogP contribution in [0.2, 0.25) is 0 Å². The van der Waals surface area contributed by atoms with Gasteiger partial charge in [0.1, 0.15) is 17.9 Å². The van der Waals surface area contributed by atoms with E-state index in [9.17, 15) is 0 Å². The van der Waals surface area contributed by atoms with Crippen molar-refractivity contribution in [1.29, 1.82) is 0 Å². The molecule has 1 heterocycles. The number of hydrogen-bond donors (Lipinski definition) is 1. The second-order valence-corrected chi connectivity index (χ2v) is 5.07. The molecule has 0 saturated heterocycles. The minimum atomic E-state index is 0.432. The lowest BCUT2D eigenvalue weighted by atomic mass is 10.1. The molecule has 0 bridgehead atoms. The van der Waals surface area contributed by atoms with Gasteiger partial charge in [-0.2, -0.15) is 0 Å². The zero-order valence-electron chi connectivity index (χ0n) is 11.9. The summed E-state index contributed by atoms with van der Waals surface area (Å²) in [6, 6.07) is 8.15. The maximum Gasteiger partial charge on any atom is 0.132 e.